The van der Waals surface area contributed by atoms with Gasteiger partial charge in [-0.2, -0.15) is 0 Å². The Hall–Kier alpha value is -2.96. The number of aliphatic hydroxyl groups excluding tert-OH is 1. The van der Waals surface area contributed by atoms with Crippen LogP contribution in [0.2, 0.25) is 5.02 Å². The average Bonchev–Trinajstić information content (AvgIpc) is 3.23. The minimum Gasteiger partial charge on any atom is -0.507 e. The molecule has 1 aliphatic heterocycles. The molecule has 1 aromatic heterocycles. The number of hydrogen-bond acceptors (Lipinski definition) is 4. The molecule has 1 aliphatic rings. The smallest absolute Gasteiger partial charge is 0.300 e. The van der Waals surface area contributed by atoms with E-state index in [-0.39, 0.29) is 17.0 Å². The molecule has 1 amide bonds. The summed E-state index contributed by atoms with van der Waals surface area (Å²) in [5.41, 5.74) is 1.45. The number of nitrogens with zero attached hydrogens (tertiary/aromatic N) is 1. The van der Waals surface area contributed by atoms with Gasteiger partial charge < -0.3 is 5.11 Å². The van der Waals surface area contributed by atoms with Gasteiger partial charge >= 0.3 is 0 Å². The first-order valence-corrected chi connectivity index (χ1v) is 10.0. The van der Waals surface area contributed by atoms with Crippen LogP contribution in [0.1, 0.15) is 22.0 Å². The topological polar surface area (TPSA) is 57.6 Å². The largest absolute Gasteiger partial charge is 0.507 e. The molecule has 1 atom stereocenters. The van der Waals surface area contributed by atoms with Crippen LogP contribution in [-0.4, -0.2) is 16.8 Å². The molecule has 146 valence electrons. The minimum atomic E-state index is -0.854. The van der Waals surface area contributed by atoms with Crippen molar-refractivity contribution in [3.8, 4) is 0 Å². The van der Waals surface area contributed by atoms with Gasteiger partial charge in [-0.1, -0.05) is 17.7 Å². The Labute approximate surface area is 175 Å². The van der Waals surface area contributed by atoms with Crippen molar-refractivity contribution in [2.24, 2.45) is 0 Å². The fraction of sp³-hybridized carbons (Fsp3) is 0.0909. The molecule has 0 radical (unpaired) electrons. The predicted octanol–water partition coefficient (Wildman–Crippen LogP) is 5.48. The Morgan fingerprint density at radius 3 is 2.48 bits per heavy atom. The molecule has 29 heavy (non-hydrogen) atoms. The zero-order valence-electron chi connectivity index (χ0n) is 15.2. The van der Waals surface area contributed by atoms with Crippen LogP contribution in [0.5, 0.6) is 0 Å². The zero-order valence-corrected chi connectivity index (χ0v) is 16.8. The summed E-state index contributed by atoms with van der Waals surface area (Å²) in [6.07, 6.45) is 0. The maximum atomic E-state index is 13.9. The molecule has 7 heteroatoms. The number of Topliss-reactive ketones (excluding diaryl/α,β-unsaturated/α-hetero) is 1. The monoisotopic (exact) mass is 427 g/mol. The van der Waals surface area contributed by atoms with E-state index in [1.54, 1.807) is 30.3 Å². The summed E-state index contributed by atoms with van der Waals surface area (Å²) in [7, 11) is 0. The van der Waals surface area contributed by atoms with E-state index in [1.165, 1.54) is 34.4 Å². The third kappa shape index (κ3) is 3.34. The molecular weight excluding hydrogens is 413 g/mol. The molecule has 0 saturated carbocycles. The fourth-order valence-corrected chi connectivity index (χ4v) is 4.55. The molecule has 0 bridgehead atoms. The molecular formula is C22H15ClFNO3S. The molecule has 1 saturated heterocycles. The Balaban J connectivity index is 1.96. The number of hydrogen-bond donors (Lipinski definition) is 1. The summed E-state index contributed by atoms with van der Waals surface area (Å²) in [5, 5.41) is 13.3. The van der Waals surface area contributed by atoms with Crippen molar-refractivity contribution in [2.75, 3.05) is 4.90 Å². The lowest BCUT2D eigenvalue weighted by Gasteiger charge is -2.25. The van der Waals surface area contributed by atoms with Crippen LogP contribution in [0.3, 0.4) is 0 Å². The summed E-state index contributed by atoms with van der Waals surface area (Å²) in [6, 6.07) is 12.8. The number of amides is 1. The molecule has 2 aromatic carbocycles. The van der Waals surface area contributed by atoms with E-state index in [4.69, 9.17) is 11.6 Å². The van der Waals surface area contributed by atoms with Gasteiger partial charge in [-0.3, -0.25) is 14.5 Å². The second-order valence-electron chi connectivity index (χ2n) is 6.62. The van der Waals surface area contributed by atoms with Crippen molar-refractivity contribution in [1.29, 1.82) is 0 Å². The van der Waals surface area contributed by atoms with Crippen molar-refractivity contribution in [2.45, 2.75) is 13.0 Å². The standard InChI is InChI=1S/C22H15ClFNO3S/c1-12-9-10-29-21(12)18-17(19(26)13-5-7-14(23)8-6-13)20(27)22(28)25(18)16-4-2-3-15(24)11-16/h2-11,18,26H,1H3/b19-17-. The van der Waals surface area contributed by atoms with Crippen molar-refractivity contribution < 1.29 is 19.1 Å². The average molecular weight is 428 g/mol. The number of aliphatic hydroxyl groups is 1. The fourth-order valence-electron chi connectivity index (χ4n) is 3.40. The number of rotatable bonds is 3. The van der Waals surface area contributed by atoms with E-state index in [9.17, 15) is 19.1 Å². The van der Waals surface area contributed by atoms with Gasteiger partial charge in [0.1, 0.15) is 17.6 Å². The van der Waals surface area contributed by atoms with Crippen LogP contribution < -0.4 is 4.90 Å². The van der Waals surface area contributed by atoms with Crippen LogP contribution in [0.15, 0.2) is 65.6 Å². The number of carbonyl (C=O) groups excluding carboxylic acids is 2. The summed E-state index contributed by atoms with van der Waals surface area (Å²) >= 11 is 7.28. The van der Waals surface area contributed by atoms with Crippen LogP contribution in [0, 0.1) is 12.7 Å². The Morgan fingerprint density at radius 2 is 1.86 bits per heavy atom. The maximum Gasteiger partial charge on any atom is 0.300 e. The highest BCUT2D eigenvalue weighted by Crippen LogP contribution is 2.44. The molecule has 1 fully saturated rings. The van der Waals surface area contributed by atoms with Gasteiger partial charge in [0.05, 0.1) is 5.57 Å². The molecule has 2 heterocycles. The number of aryl methyl sites for hydroxylation is 1. The highest BCUT2D eigenvalue weighted by Gasteiger charge is 2.48. The lowest BCUT2D eigenvalue weighted by molar-refractivity contribution is -0.132. The molecule has 1 unspecified atom stereocenters. The third-order valence-electron chi connectivity index (χ3n) is 4.80. The molecule has 1 N–H and O–H groups in total. The number of carbonyl (C=O) groups is 2. The van der Waals surface area contributed by atoms with E-state index in [1.807, 2.05) is 18.4 Å². The zero-order chi connectivity index (χ0) is 20.7. The summed E-state index contributed by atoms with van der Waals surface area (Å²) in [5.74, 6) is -2.45. The van der Waals surface area contributed by atoms with Crippen LogP contribution >= 0.6 is 22.9 Å². The number of thiophene rings is 1. The molecule has 4 nitrogen and oxygen atoms in total. The van der Waals surface area contributed by atoms with E-state index in [2.05, 4.69) is 0 Å². The first kappa shape index (κ1) is 19.4. The van der Waals surface area contributed by atoms with E-state index in [0.29, 0.717) is 10.6 Å². The maximum absolute atomic E-state index is 13.9. The Bertz CT molecular complexity index is 1150. The summed E-state index contributed by atoms with van der Waals surface area (Å²) < 4.78 is 13.9. The van der Waals surface area contributed by atoms with Crippen LogP contribution in [0.4, 0.5) is 10.1 Å². The van der Waals surface area contributed by atoms with Crippen molar-refractivity contribution in [3.63, 3.8) is 0 Å². The molecule has 0 aliphatic carbocycles. The lowest BCUT2D eigenvalue weighted by atomic mass is 9.98. The highest BCUT2D eigenvalue weighted by molar-refractivity contribution is 7.10. The normalized spacial score (nSPS) is 18.4. The minimum absolute atomic E-state index is 0.0351. The number of ketones is 1. The SMILES string of the molecule is Cc1ccsc1C1/C(=C(/O)c2ccc(Cl)cc2)C(=O)C(=O)N1c1cccc(F)c1. The van der Waals surface area contributed by atoms with Gasteiger partial charge in [0.25, 0.3) is 11.7 Å². The second-order valence-corrected chi connectivity index (χ2v) is 8.01. The van der Waals surface area contributed by atoms with Gasteiger partial charge in [0.2, 0.25) is 0 Å². The first-order chi connectivity index (χ1) is 13.9. The van der Waals surface area contributed by atoms with Crippen molar-refractivity contribution >= 4 is 46.1 Å². The van der Waals surface area contributed by atoms with E-state index in [0.717, 1.165) is 10.4 Å². The summed E-state index contributed by atoms with van der Waals surface area (Å²) in [6.45, 7) is 1.86. The quantitative estimate of drug-likeness (QED) is 0.342. The predicted molar refractivity (Wildman–Crippen MR) is 112 cm³/mol. The van der Waals surface area contributed by atoms with Crippen molar-refractivity contribution in [1.82, 2.24) is 0 Å². The van der Waals surface area contributed by atoms with Gasteiger partial charge in [-0.25, -0.2) is 4.39 Å². The van der Waals surface area contributed by atoms with Gasteiger partial charge in [-0.05, 0) is 66.4 Å². The van der Waals surface area contributed by atoms with Gasteiger partial charge in [-0.15, -0.1) is 11.3 Å². The van der Waals surface area contributed by atoms with E-state index < -0.39 is 23.5 Å². The number of halogens is 2. The molecule has 0 spiro atoms. The van der Waals surface area contributed by atoms with Gasteiger partial charge in [0.15, 0.2) is 0 Å². The Kier molecular flexibility index (Phi) is 4.98. The van der Waals surface area contributed by atoms with Gasteiger partial charge in [0, 0.05) is 21.2 Å². The van der Waals surface area contributed by atoms with Crippen LogP contribution in [-0.2, 0) is 9.59 Å². The van der Waals surface area contributed by atoms with Crippen molar-refractivity contribution in [3.05, 3.63) is 92.4 Å². The number of anilines is 1. The second kappa shape index (κ2) is 7.46. The third-order valence-corrected chi connectivity index (χ3v) is 6.12. The first-order valence-electron chi connectivity index (χ1n) is 8.75. The molecule has 4 rings (SSSR count). The molecule has 3 aromatic rings. The Morgan fingerprint density at radius 1 is 1.14 bits per heavy atom. The summed E-state index contributed by atoms with van der Waals surface area (Å²) in [4.78, 5) is 27.8. The lowest BCUT2D eigenvalue weighted by Crippen LogP contribution is -2.29. The number of benzene rings is 2. The highest BCUT2D eigenvalue weighted by atomic mass is 35.5. The van der Waals surface area contributed by atoms with Crippen LogP contribution in [0.25, 0.3) is 5.76 Å². The van der Waals surface area contributed by atoms with E-state index >= 15 is 0 Å².